The number of nitrogen functional groups attached to an aromatic ring is 1. The van der Waals surface area contributed by atoms with E-state index in [4.69, 9.17) is 10.5 Å². The smallest absolute Gasteiger partial charge is 0.142 e. The van der Waals surface area contributed by atoms with Crippen LogP contribution in [0.3, 0.4) is 0 Å². The highest BCUT2D eigenvalue weighted by molar-refractivity contribution is 5.64. The van der Waals surface area contributed by atoms with Gasteiger partial charge in [0.25, 0.3) is 0 Å². The molecule has 0 unspecified atom stereocenters. The molecule has 0 heterocycles. The third kappa shape index (κ3) is 1.18. The van der Waals surface area contributed by atoms with Crippen molar-refractivity contribution in [3.05, 3.63) is 17.2 Å². The van der Waals surface area contributed by atoms with Crippen LogP contribution >= 0.6 is 0 Å². The summed E-state index contributed by atoms with van der Waals surface area (Å²) in [5, 5.41) is 9.33. The SMILES string of the molecule is COc1cc(O)c(N)c(C)c1C. The van der Waals surface area contributed by atoms with Gasteiger partial charge in [0.15, 0.2) is 0 Å². The van der Waals surface area contributed by atoms with E-state index >= 15 is 0 Å². The number of anilines is 1. The molecule has 0 amide bonds. The predicted molar refractivity (Wildman–Crippen MR) is 48.5 cm³/mol. The highest BCUT2D eigenvalue weighted by Gasteiger charge is 2.08. The first kappa shape index (κ1) is 8.71. The number of nitrogens with two attached hydrogens (primary N) is 1. The van der Waals surface area contributed by atoms with E-state index in [9.17, 15) is 5.11 Å². The second-order valence-electron chi connectivity index (χ2n) is 2.76. The Balaban J connectivity index is 3.39. The van der Waals surface area contributed by atoms with E-state index in [2.05, 4.69) is 0 Å². The molecule has 66 valence electrons. The Morgan fingerprint density at radius 3 is 2.42 bits per heavy atom. The van der Waals surface area contributed by atoms with Crippen molar-refractivity contribution in [2.24, 2.45) is 0 Å². The van der Waals surface area contributed by atoms with Gasteiger partial charge in [-0.05, 0) is 25.0 Å². The van der Waals surface area contributed by atoms with Crippen LogP contribution in [0.4, 0.5) is 5.69 Å². The number of rotatable bonds is 1. The van der Waals surface area contributed by atoms with E-state index in [1.54, 1.807) is 7.11 Å². The van der Waals surface area contributed by atoms with Crippen LogP contribution < -0.4 is 10.5 Å². The molecule has 0 atom stereocenters. The van der Waals surface area contributed by atoms with Gasteiger partial charge in [-0.3, -0.25) is 0 Å². The first-order valence-corrected chi connectivity index (χ1v) is 3.70. The molecule has 0 fully saturated rings. The standard InChI is InChI=1S/C9H13NO2/c1-5-6(2)9(10)7(11)4-8(5)12-3/h4,11H,10H2,1-3H3. The third-order valence-electron chi connectivity index (χ3n) is 2.10. The number of methoxy groups -OCH3 is 1. The van der Waals surface area contributed by atoms with Crippen LogP contribution in [0, 0.1) is 13.8 Å². The average molecular weight is 167 g/mol. The molecule has 0 spiro atoms. The summed E-state index contributed by atoms with van der Waals surface area (Å²) in [6, 6.07) is 1.53. The Labute approximate surface area is 71.8 Å². The van der Waals surface area contributed by atoms with Crippen LogP contribution in [0.5, 0.6) is 11.5 Å². The van der Waals surface area contributed by atoms with Gasteiger partial charge in [0.1, 0.15) is 11.5 Å². The maximum Gasteiger partial charge on any atom is 0.142 e. The van der Waals surface area contributed by atoms with Crippen LogP contribution in [-0.2, 0) is 0 Å². The van der Waals surface area contributed by atoms with E-state index < -0.39 is 0 Å². The van der Waals surface area contributed by atoms with E-state index in [0.29, 0.717) is 11.4 Å². The molecular weight excluding hydrogens is 154 g/mol. The molecule has 3 N–H and O–H groups in total. The number of hydrogen-bond acceptors (Lipinski definition) is 3. The molecule has 3 nitrogen and oxygen atoms in total. The van der Waals surface area contributed by atoms with Crippen molar-refractivity contribution in [2.75, 3.05) is 12.8 Å². The molecule has 0 radical (unpaired) electrons. The molecule has 0 aliphatic heterocycles. The van der Waals surface area contributed by atoms with Gasteiger partial charge in [-0.15, -0.1) is 0 Å². The number of phenols is 1. The lowest BCUT2D eigenvalue weighted by molar-refractivity contribution is 0.404. The molecule has 1 rings (SSSR count). The lowest BCUT2D eigenvalue weighted by Crippen LogP contribution is -1.96. The van der Waals surface area contributed by atoms with E-state index in [0.717, 1.165) is 11.1 Å². The summed E-state index contributed by atoms with van der Waals surface area (Å²) >= 11 is 0. The summed E-state index contributed by atoms with van der Waals surface area (Å²) in [7, 11) is 1.57. The quantitative estimate of drug-likeness (QED) is 0.493. The summed E-state index contributed by atoms with van der Waals surface area (Å²) in [6.07, 6.45) is 0. The number of ether oxygens (including phenoxy) is 1. The molecule has 0 aliphatic carbocycles. The molecule has 1 aromatic carbocycles. The Hall–Kier alpha value is -1.38. The number of benzene rings is 1. The number of phenolic OH excluding ortho intramolecular Hbond substituents is 1. The molecule has 1 aromatic rings. The fourth-order valence-corrected chi connectivity index (χ4v) is 1.10. The number of hydrogen-bond donors (Lipinski definition) is 2. The molecule has 0 aromatic heterocycles. The van der Waals surface area contributed by atoms with E-state index in [1.807, 2.05) is 13.8 Å². The zero-order chi connectivity index (χ0) is 9.30. The lowest BCUT2D eigenvalue weighted by Gasteiger charge is -2.11. The molecule has 3 heteroatoms. The van der Waals surface area contributed by atoms with Crippen molar-refractivity contribution in [1.82, 2.24) is 0 Å². The van der Waals surface area contributed by atoms with E-state index in [1.165, 1.54) is 6.07 Å². The molecule has 12 heavy (non-hydrogen) atoms. The zero-order valence-corrected chi connectivity index (χ0v) is 7.51. The molecule has 0 saturated heterocycles. The minimum atomic E-state index is 0.0787. The van der Waals surface area contributed by atoms with Crippen LogP contribution in [0.1, 0.15) is 11.1 Å². The molecule has 0 saturated carbocycles. The monoisotopic (exact) mass is 167 g/mol. The van der Waals surface area contributed by atoms with Crippen LogP contribution in [0.25, 0.3) is 0 Å². The molecular formula is C9H13NO2. The van der Waals surface area contributed by atoms with Crippen molar-refractivity contribution in [1.29, 1.82) is 0 Å². The summed E-state index contributed by atoms with van der Waals surface area (Å²) in [4.78, 5) is 0. The van der Waals surface area contributed by atoms with Crippen molar-refractivity contribution in [2.45, 2.75) is 13.8 Å². The minimum absolute atomic E-state index is 0.0787. The molecule has 0 bridgehead atoms. The Bertz CT molecular complexity index is 308. The van der Waals surface area contributed by atoms with Crippen molar-refractivity contribution < 1.29 is 9.84 Å². The Morgan fingerprint density at radius 2 is 1.92 bits per heavy atom. The van der Waals surface area contributed by atoms with Gasteiger partial charge in [0.05, 0.1) is 12.8 Å². The average Bonchev–Trinajstić information content (AvgIpc) is 2.08. The van der Waals surface area contributed by atoms with E-state index in [-0.39, 0.29) is 5.75 Å². The summed E-state index contributed by atoms with van der Waals surface area (Å²) in [5.41, 5.74) is 7.86. The van der Waals surface area contributed by atoms with Gasteiger partial charge in [0, 0.05) is 6.07 Å². The third-order valence-corrected chi connectivity index (χ3v) is 2.10. The van der Waals surface area contributed by atoms with Gasteiger partial charge >= 0.3 is 0 Å². The highest BCUT2D eigenvalue weighted by Crippen LogP contribution is 2.33. The zero-order valence-electron chi connectivity index (χ0n) is 7.51. The Kier molecular flexibility index (Phi) is 2.13. The normalized spacial score (nSPS) is 9.92. The first-order chi connectivity index (χ1) is 5.57. The summed E-state index contributed by atoms with van der Waals surface area (Å²) in [5.74, 6) is 0.745. The summed E-state index contributed by atoms with van der Waals surface area (Å²) in [6.45, 7) is 3.76. The second-order valence-corrected chi connectivity index (χ2v) is 2.76. The van der Waals surface area contributed by atoms with Gasteiger partial charge < -0.3 is 15.6 Å². The largest absolute Gasteiger partial charge is 0.506 e. The number of aromatic hydroxyl groups is 1. The predicted octanol–water partition coefficient (Wildman–Crippen LogP) is 1.60. The fourth-order valence-electron chi connectivity index (χ4n) is 1.10. The van der Waals surface area contributed by atoms with Crippen LogP contribution in [-0.4, -0.2) is 12.2 Å². The van der Waals surface area contributed by atoms with Gasteiger partial charge in [0.2, 0.25) is 0 Å². The highest BCUT2D eigenvalue weighted by atomic mass is 16.5. The van der Waals surface area contributed by atoms with Crippen molar-refractivity contribution in [3.8, 4) is 11.5 Å². The maximum absolute atomic E-state index is 9.33. The van der Waals surface area contributed by atoms with Gasteiger partial charge in [-0.25, -0.2) is 0 Å². The second kappa shape index (κ2) is 2.93. The topological polar surface area (TPSA) is 55.5 Å². The van der Waals surface area contributed by atoms with Crippen LogP contribution in [0.2, 0.25) is 0 Å². The molecule has 0 aliphatic rings. The van der Waals surface area contributed by atoms with Crippen LogP contribution in [0.15, 0.2) is 6.07 Å². The lowest BCUT2D eigenvalue weighted by atomic mass is 10.1. The maximum atomic E-state index is 9.33. The summed E-state index contributed by atoms with van der Waals surface area (Å²) < 4.78 is 5.05. The van der Waals surface area contributed by atoms with Gasteiger partial charge in [-0.2, -0.15) is 0 Å². The fraction of sp³-hybridized carbons (Fsp3) is 0.333. The Morgan fingerprint density at radius 1 is 1.33 bits per heavy atom. The van der Waals surface area contributed by atoms with Crippen molar-refractivity contribution >= 4 is 5.69 Å². The minimum Gasteiger partial charge on any atom is -0.506 e. The van der Waals surface area contributed by atoms with Crippen molar-refractivity contribution in [3.63, 3.8) is 0 Å². The van der Waals surface area contributed by atoms with Gasteiger partial charge in [-0.1, -0.05) is 0 Å². The first-order valence-electron chi connectivity index (χ1n) is 3.70.